The fraction of sp³-hybridized carbons (Fsp3) is 0.692. The second-order valence-corrected chi connectivity index (χ2v) is 6.22. The van der Waals surface area contributed by atoms with E-state index < -0.39 is 0 Å². The van der Waals surface area contributed by atoms with Gasteiger partial charge >= 0.3 is 0 Å². The summed E-state index contributed by atoms with van der Waals surface area (Å²) in [6.45, 7) is 8.57. The Bertz CT molecular complexity index is 307. The Labute approximate surface area is 103 Å². The third-order valence-corrected chi connectivity index (χ3v) is 3.98. The highest BCUT2D eigenvalue weighted by molar-refractivity contribution is 7.11. The van der Waals surface area contributed by atoms with E-state index in [0.717, 1.165) is 12.5 Å². The van der Waals surface area contributed by atoms with Gasteiger partial charge in [-0.15, -0.1) is 11.3 Å². The molecule has 0 fully saturated rings. The smallest absolute Gasteiger partial charge is 0.0327 e. The van der Waals surface area contributed by atoms with Crippen LogP contribution in [-0.2, 0) is 13.1 Å². The van der Waals surface area contributed by atoms with Crippen molar-refractivity contribution in [2.24, 2.45) is 11.7 Å². The summed E-state index contributed by atoms with van der Waals surface area (Å²) in [5.41, 5.74) is 5.62. The molecule has 1 unspecified atom stereocenters. The van der Waals surface area contributed by atoms with Gasteiger partial charge in [-0.05, 0) is 38.4 Å². The minimum Gasteiger partial charge on any atom is -0.326 e. The molecule has 3 heteroatoms. The van der Waals surface area contributed by atoms with Gasteiger partial charge < -0.3 is 5.73 Å². The third-order valence-electron chi connectivity index (χ3n) is 2.89. The average Bonchev–Trinajstić information content (AvgIpc) is 2.64. The SMILES string of the molecule is CC(C)CC(C)N(C)Cc1ccc(CN)s1. The fourth-order valence-electron chi connectivity index (χ4n) is 1.88. The van der Waals surface area contributed by atoms with Crippen LogP contribution in [0.3, 0.4) is 0 Å². The summed E-state index contributed by atoms with van der Waals surface area (Å²) in [6, 6.07) is 4.98. The van der Waals surface area contributed by atoms with Crippen molar-refractivity contribution in [1.29, 1.82) is 0 Å². The van der Waals surface area contributed by atoms with Crippen LogP contribution in [0.15, 0.2) is 12.1 Å². The van der Waals surface area contributed by atoms with E-state index in [4.69, 9.17) is 5.73 Å². The Morgan fingerprint density at radius 3 is 2.38 bits per heavy atom. The van der Waals surface area contributed by atoms with Crippen molar-refractivity contribution in [1.82, 2.24) is 4.90 Å². The fourth-order valence-corrected chi connectivity index (χ4v) is 2.84. The van der Waals surface area contributed by atoms with Crippen molar-refractivity contribution in [3.8, 4) is 0 Å². The summed E-state index contributed by atoms with van der Waals surface area (Å²) in [7, 11) is 2.20. The highest BCUT2D eigenvalue weighted by Crippen LogP contribution is 2.19. The Balaban J connectivity index is 2.46. The largest absolute Gasteiger partial charge is 0.326 e. The van der Waals surface area contributed by atoms with Crippen LogP contribution >= 0.6 is 11.3 Å². The zero-order chi connectivity index (χ0) is 12.1. The topological polar surface area (TPSA) is 29.3 Å². The van der Waals surface area contributed by atoms with Gasteiger partial charge in [0, 0.05) is 28.9 Å². The zero-order valence-corrected chi connectivity index (χ0v) is 11.7. The van der Waals surface area contributed by atoms with E-state index in [0.29, 0.717) is 12.6 Å². The molecule has 0 saturated carbocycles. The molecule has 0 aliphatic heterocycles. The Kier molecular flexibility index (Phi) is 5.46. The van der Waals surface area contributed by atoms with Crippen molar-refractivity contribution in [2.75, 3.05) is 7.05 Å². The maximum atomic E-state index is 5.62. The van der Waals surface area contributed by atoms with Crippen LogP contribution in [0.1, 0.15) is 36.9 Å². The van der Waals surface area contributed by atoms with Gasteiger partial charge in [-0.1, -0.05) is 13.8 Å². The van der Waals surface area contributed by atoms with Gasteiger partial charge in [-0.2, -0.15) is 0 Å². The van der Waals surface area contributed by atoms with Crippen molar-refractivity contribution in [3.63, 3.8) is 0 Å². The predicted molar refractivity (Wildman–Crippen MR) is 72.6 cm³/mol. The molecule has 0 bridgehead atoms. The first-order chi connectivity index (χ1) is 7.52. The van der Waals surface area contributed by atoms with E-state index in [-0.39, 0.29) is 0 Å². The maximum Gasteiger partial charge on any atom is 0.0327 e. The highest BCUT2D eigenvalue weighted by atomic mass is 32.1. The van der Waals surface area contributed by atoms with Crippen LogP contribution in [0, 0.1) is 5.92 Å². The molecule has 0 aliphatic rings. The van der Waals surface area contributed by atoms with E-state index in [1.807, 2.05) is 11.3 Å². The lowest BCUT2D eigenvalue weighted by Gasteiger charge is -2.25. The van der Waals surface area contributed by atoms with Crippen molar-refractivity contribution in [3.05, 3.63) is 21.9 Å². The van der Waals surface area contributed by atoms with E-state index >= 15 is 0 Å². The number of rotatable bonds is 6. The van der Waals surface area contributed by atoms with Gasteiger partial charge in [0.05, 0.1) is 0 Å². The molecule has 1 atom stereocenters. The number of nitrogens with two attached hydrogens (primary N) is 1. The van der Waals surface area contributed by atoms with E-state index in [2.05, 4.69) is 44.9 Å². The molecule has 1 aromatic heterocycles. The quantitative estimate of drug-likeness (QED) is 0.828. The van der Waals surface area contributed by atoms with Gasteiger partial charge in [0.1, 0.15) is 0 Å². The van der Waals surface area contributed by atoms with Gasteiger partial charge in [-0.3, -0.25) is 4.90 Å². The van der Waals surface area contributed by atoms with Crippen molar-refractivity contribution >= 4 is 11.3 Å². The predicted octanol–water partition coefficient (Wildman–Crippen LogP) is 3.07. The van der Waals surface area contributed by atoms with Crippen LogP contribution in [0.5, 0.6) is 0 Å². The zero-order valence-electron chi connectivity index (χ0n) is 10.9. The van der Waals surface area contributed by atoms with Crippen LogP contribution in [0.4, 0.5) is 0 Å². The minimum absolute atomic E-state index is 0.642. The molecule has 1 heterocycles. The van der Waals surface area contributed by atoms with Crippen molar-refractivity contribution < 1.29 is 0 Å². The molecule has 1 rings (SSSR count). The summed E-state index contributed by atoms with van der Waals surface area (Å²) in [5.74, 6) is 0.764. The van der Waals surface area contributed by atoms with Crippen LogP contribution in [0.25, 0.3) is 0 Å². The second-order valence-electron chi connectivity index (χ2n) is 4.97. The molecule has 0 aliphatic carbocycles. The van der Waals surface area contributed by atoms with Gasteiger partial charge in [0.25, 0.3) is 0 Å². The maximum absolute atomic E-state index is 5.62. The molecule has 1 aromatic rings. The molecule has 0 radical (unpaired) electrons. The van der Waals surface area contributed by atoms with Gasteiger partial charge in [0.15, 0.2) is 0 Å². The number of nitrogens with zero attached hydrogens (tertiary/aromatic N) is 1. The van der Waals surface area contributed by atoms with Gasteiger partial charge in [-0.25, -0.2) is 0 Å². The Morgan fingerprint density at radius 2 is 1.88 bits per heavy atom. The van der Waals surface area contributed by atoms with Crippen LogP contribution in [-0.4, -0.2) is 18.0 Å². The minimum atomic E-state index is 0.642. The normalized spacial score (nSPS) is 13.7. The summed E-state index contributed by atoms with van der Waals surface area (Å²) in [5, 5.41) is 0. The first-order valence-electron chi connectivity index (χ1n) is 6.00. The molecule has 0 spiro atoms. The molecule has 92 valence electrons. The molecule has 2 nitrogen and oxygen atoms in total. The first kappa shape index (κ1) is 13.7. The summed E-state index contributed by atoms with van der Waals surface area (Å²) >= 11 is 1.83. The standard InChI is InChI=1S/C13H24N2S/c1-10(2)7-11(3)15(4)9-13-6-5-12(8-14)16-13/h5-6,10-11H,7-9,14H2,1-4H3. The average molecular weight is 240 g/mol. The molecule has 0 amide bonds. The summed E-state index contributed by atoms with van der Waals surface area (Å²) in [6.07, 6.45) is 1.26. The Morgan fingerprint density at radius 1 is 1.25 bits per heavy atom. The van der Waals surface area contributed by atoms with E-state index in [1.165, 1.54) is 16.2 Å². The molecular formula is C13H24N2S. The second kappa shape index (κ2) is 6.38. The molecule has 2 N–H and O–H groups in total. The van der Waals surface area contributed by atoms with Crippen LogP contribution < -0.4 is 5.73 Å². The first-order valence-corrected chi connectivity index (χ1v) is 6.82. The highest BCUT2D eigenvalue weighted by Gasteiger charge is 2.12. The van der Waals surface area contributed by atoms with Gasteiger partial charge in [0.2, 0.25) is 0 Å². The summed E-state index contributed by atoms with van der Waals surface area (Å²) < 4.78 is 0. The van der Waals surface area contributed by atoms with Crippen LogP contribution in [0.2, 0.25) is 0 Å². The molecular weight excluding hydrogens is 216 g/mol. The lowest BCUT2D eigenvalue weighted by molar-refractivity contribution is 0.222. The lowest BCUT2D eigenvalue weighted by atomic mass is 10.0. The Hall–Kier alpha value is -0.380. The number of thiophene rings is 1. The summed E-state index contributed by atoms with van der Waals surface area (Å²) in [4.78, 5) is 5.12. The lowest BCUT2D eigenvalue weighted by Crippen LogP contribution is -2.29. The van der Waals surface area contributed by atoms with E-state index in [9.17, 15) is 0 Å². The molecule has 16 heavy (non-hydrogen) atoms. The van der Waals surface area contributed by atoms with Crippen molar-refractivity contribution in [2.45, 2.75) is 46.3 Å². The number of hydrogen-bond donors (Lipinski definition) is 1. The number of hydrogen-bond acceptors (Lipinski definition) is 3. The molecule has 0 saturated heterocycles. The third kappa shape index (κ3) is 4.24. The van der Waals surface area contributed by atoms with E-state index in [1.54, 1.807) is 0 Å². The monoisotopic (exact) mass is 240 g/mol. The molecule has 0 aromatic carbocycles.